The zero-order valence-corrected chi connectivity index (χ0v) is 16.4. The minimum Gasteiger partial charge on any atom is -0.346 e. The molecule has 1 amide bonds. The lowest BCUT2D eigenvalue weighted by atomic mass is 10.0. The van der Waals surface area contributed by atoms with Crippen LogP contribution in [0.2, 0.25) is 0 Å². The standard InChI is InChI=1S/C23H23N3OS/c27-22(14-6-10-18-11-7-15-28-18)24-21(16-17-8-2-1-3-9-17)23-25-19-12-4-5-13-20(19)26-23/h1-5,7-9,11-13,15,21H,6,10,14,16H2,(H,24,27)(H,25,26)/t21-/m1/s1. The van der Waals surface area contributed by atoms with E-state index in [9.17, 15) is 4.79 Å². The van der Waals surface area contributed by atoms with E-state index >= 15 is 0 Å². The Kier molecular flexibility index (Phi) is 5.83. The molecule has 0 bridgehead atoms. The third kappa shape index (κ3) is 4.67. The maximum absolute atomic E-state index is 12.6. The van der Waals surface area contributed by atoms with Crippen LogP contribution in [0.1, 0.15) is 35.1 Å². The summed E-state index contributed by atoms with van der Waals surface area (Å²) in [6, 6.07) is 22.2. The molecule has 4 rings (SSSR count). The topological polar surface area (TPSA) is 57.8 Å². The highest BCUT2D eigenvalue weighted by molar-refractivity contribution is 7.09. The summed E-state index contributed by atoms with van der Waals surface area (Å²) in [6.07, 6.45) is 3.02. The van der Waals surface area contributed by atoms with Gasteiger partial charge in [0.2, 0.25) is 5.91 Å². The molecule has 2 aromatic heterocycles. The van der Waals surface area contributed by atoms with Gasteiger partial charge in [0.25, 0.3) is 0 Å². The second-order valence-corrected chi connectivity index (χ2v) is 7.91. The molecule has 2 N–H and O–H groups in total. The van der Waals surface area contributed by atoms with Crippen molar-refractivity contribution in [1.82, 2.24) is 15.3 Å². The predicted molar refractivity (Wildman–Crippen MR) is 114 cm³/mol. The van der Waals surface area contributed by atoms with Crippen LogP contribution in [0.5, 0.6) is 0 Å². The number of hydrogen-bond acceptors (Lipinski definition) is 3. The number of benzene rings is 2. The predicted octanol–water partition coefficient (Wildman–Crippen LogP) is 5.05. The number of aryl methyl sites for hydroxylation is 1. The van der Waals surface area contributed by atoms with Crippen molar-refractivity contribution in [2.75, 3.05) is 0 Å². The summed E-state index contributed by atoms with van der Waals surface area (Å²) in [5.41, 5.74) is 3.08. The Bertz CT molecular complexity index is 991. The van der Waals surface area contributed by atoms with Crippen molar-refractivity contribution in [3.8, 4) is 0 Å². The molecule has 0 unspecified atom stereocenters. The van der Waals surface area contributed by atoms with Crippen molar-refractivity contribution in [3.05, 3.63) is 88.4 Å². The molecule has 0 radical (unpaired) electrons. The highest BCUT2D eigenvalue weighted by atomic mass is 32.1. The van der Waals surface area contributed by atoms with Crippen molar-refractivity contribution in [2.24, 2.45) is 0 Å². The van der Waals surface area contributed by atoms with Crippen LogP contribution in [-0.4, -0.2) is 15.9 Å². The van der Waals surface area contributed by atoms with Crippen LogP contribution in [0.25, 0.3) is 11.0 Å². The van der Waals surface area contributed by atoms with E-state index in [-0.39, 0.29) is 11.9 Å². The van der Waals surface area contributed by atoms with E-state index in [1.807, 2.05) is 42.5 Å². The van der Waals surface area contributed by atoms with E-state index in [4.69, 9.17) is 4.98 Å². The van der Waals surface area contributed by atoms with Gasteiger partial charge in [-0.1, -0.05) is 48.5 Å². The van der Waals surface area contributed by atoms with Crippen LogP contribution >= 0.6 is 11.3 Å². The number of rotatable bonds is 8. The monoisotopic (exact) mass is 389 g/mol. The van der Waals surface area contributed by atoms with Crippen molar-refractivity contribution >= 4 is 28.3 Å². The smallest absolute Gasteiger partial charge is 0.220 e. The normalized spacial score (nSPS) is 12.1. The number of para-hydroxylation sites is 2. The van der Waals surface area contributed by atoms with Gasteiger partial charge in [-0.3, -0.25) is 4.79 Å². The van der Waals surface area contributed by atoms with Crippen LogP contribution in [0.15, 0.2) is 72.1 Å². The number of hydrogen-bond donors (Lipinski definition) is 2. The second-order valence-electron chi connectivity index (χ2n) is 6.88. The maximum Gasteiger partial charge on any atom is 0.220 e. The highest BCUT2D eigenvalue weighted by Gasteiger charge is 2.19. The van der Waals surface area contributed by atoms with Crippen LogP contribution in [0.3, 0.4) is 0 Å². The SMILES string of the molecule is O=C(CCCc1cccs1)N[C@H](Cc1ccccc1)c1nc2ccccc2[nH]1. The molecule has 4 aromatic rings. The fraction of sp³-hybridized carbons (Fsp3) is 0.217. The summed E-state index contributed by atoms with van der Waals surface area (Å²) in [5, 5.41) is 5.27. The number of aromatic amines is 1. The first kappa shape index (κ1) is 18.4. The summed E-state index contributed by atoms with van der Waals surface area (Å²) in [7, 11) is 0. The number of carbonyl (C=O) groups excluding carboxylic acids is 1. The number of imidazole rings is 1. The molecule has 0 aliphatic rings. The third-order valence-electron chi connectivity index (χ3n) is 4.76. The van der Waals surface area contributed by atoms with Gasteiger partial charge < -0.3 is 10.3 Å². The molecule has 0 aliphatic heterocycles. The fourth-order valence-corrected chi connectivity index (χ4v) is 4.10. The number of H-pyrrole nitrogens is 1. The van der Waals surface area contributed by atoms with E-state index < -0.39 is 0 Å². The molecule has 28 heavy (non-hydrogen) atoms. The largest absolute Gasteiger partial charge is 0.346 e. The Morgan fingerprint density at radius 1 is 1.04 bits per heavy atom. The van der Waals surface area contributed by atoms with Gasteiger partial charge in [0.1, 0.15) is 5.82 Å². The molecule has 2 aromatic carbocycles. The Morgan fingerprint density at radius 2 is 1.86 bits per heavy atom. The maximum atomic E-state index is 12.6. The van der Waals surface area contributed by atoms with E-state index in [2.05, 4.69) is 39.9 Å². The molecular formula is C23H23N3OS. The van der Waals surface area contributed by atoms with Gasteiger partial charge >= 0.3 is 0 Å². The molecule has 5 heteroatoms. The quantitative estimate of drug-likeness (QED) is 0.443. The Balaban J connectivity index is 1.46. The van der Waals surface area contributed by atoms with Crippen LogP contribution < -0.4 is 5.32 Å². The average molecular weight is 390 g/mol. The first-order chi connectivity index (χ1) is 13.8. The molecule has 2 heterocycles. The lowest BCUT2D eigenvalue weighted by Crippen LogP contribution is -2.30. The highest BCUT2D eigenvalue weighted by Crippen LogP contribution is 2.20. The van der Waals surface area contributed by atoms with E-state index in [1.54, 1.807) is 11.3 Å². The van der Waals surface area contributed by atoms with Crippen molar-refractivity contribution in [2.45, 2.75) is 31.7 Å². The summed E-state index contributed by atoms with van der Waals surface area (Å²) in [4.78, 5) is 22.0. The van der Waals surface area contributed by atoms with E-state index in [1.165, 1.54) is 10.4 Å². The van der Waals surface area contributed by atoms with Crippen LogP contribution in [-0.2, 0) is 17.6 Å². The van der Waals surface area contributed by atoms with Gasteiger partial charge in [0.05, 0.1) is 17.1 Å². The van der Waals surface area contributed by atoms with Gasteiger partial charge in [0.15, 0.2) is 0 Å². The second kappa shape index (κ2) is 8.85. The molecule has 0 saturated carbocycles. The molecule has 4 nitrogen and oxygen atoms in total. The van der Waals surface area contributed by atoms with Gasteiger partial charge in [-0.25, -0.2) is 4.98 Å². The number of aromatic nitrogens is 2. The minimum absolute atomic E-state index is 0.0675. The van der Waals surface area contributed by atoms with Crippen molar-refractivity contribution < 1.29 is 4.79 Å². The van der Waals surface area contributed by atoms with Crippen LogP contribution in [0.4, 0.5) is 0 Å². The lowest BCUT2D eigenvalue weighted by Gasteiger charge is -2.17. The molecule has 0 spiro atoms. The number of thiophene rings is 1. The molecule has 0 fully saturated rings. The summed E-state index contributed by atoms with van der Waals surface area (Å²) < 4.78 is 0. The average Bonchev–Trinajstić information content (AvgIpc) is 3.38. The third-order valence-corrected chi connectivity index (χ3v) is 5.70. The number of fused-ring (bicyclic) bond motifs is 1. The number of amides is 1. The zero-order chi connectivity index (χ0) is 19.2. The Morgan fingerprint density at radius 3 is 2.64 bits per heavy atom. The Hall–Kier alpha value is -2.92. The lowest BCUT2D eigenvalue weighted by molar-refractivity contribution is -0.122. The van der Waals surface area contributed by atoms with E-state index in [0.717, 1.165) is 29.7 Å². The number of carbonyl (C=O) groups is 1. The summed E-state index contributed by atoms with van der Waals surface area (Å²) in [5.74, 6) is 0.870. The molecule has 1 atom stereocenters. The van der Waals surface area contributed by atoms with Gasteiger partial charge in [-0.2, -0.15) is 0 Å². The minimum atomic E-state index is -0.177. The first-order valence-corrected chi connectivity index (χ1v) is 10.5. The number of nitrogens with zero attached hydrogens (tertiary/aromatic N) is 1. The van der Waals surface area contributed by atoms with Crippen LogP contribution in [0, 0.1) is 0 Å². The fourth-order valence-electron chi connectivity index (χ4n) is 3.35. The van der Waals surface area contributed by atoms with Crippen molar-refractivity contribution in [1.29, 1.82) is 0 Å². The first-order valence-electron chi connectivity index (χ1n) is 9.58. The molecule has 0 aliphatic carbocycles. The molecule has 142 valence electrons. The molecule has 0 saturated heterocycles. The van der Waals surface area contributed by atoms with Gasteiger partial charge in [-0.05, 0) is 48.4 Å². The summed E-state index contributed by atoms with van der Waals surface area (Å²) >= 11 is 1.74. The number of nitrogens with one attached hydrogen (secondary N) is 2. The zero-order valence-electron chi connectivity index (χ0n) is 15.6. The van der Waals surface area contributed by atoms with Gasteiger partial charge in [-0.15, -0.1) is 11.3 Å². The Labute approximate surface area is 168 Å². The van der Waals surface area contributed by atoms with Crippen molar-refractivity contribution in [3.63, 3.8) is 0 Å². The molecular weight excluding hydrogens is 366 g/mol. The van der Waals surface area contributed by atoms with E-state index in [0.29, 0.717) is 12.8 Å². The van der Waals surface area contributed by atoms with Gasteiger partial charge in [0, 0.05) is 11.3 Å². The summed E-state index contributed by atoms with van der Waals surface area (Å²) in [6.45, 7) is 0.